The highest BCUT2D eigenvalue weighted by Gasteiger charge is 1.99. The maximum absolute atomic E-state index is 8.81. The first-order valence-electron chi connectivity index (χ1n) is 3.12. The van der Waals surface area contributed by atoms with Crippen LogP contribution in [0.1, 0.15) is 0 Å². The van der Waals surface area contributed by atoms with Gasteiger partial charge in [-0.25, -0.2) is 4.45 Å². The zero-order valence-corrected chi connectivity index (χ0v) is 6.60. The van der Waals surface area contributed by atoms with Crippen molar-refractivity contribution < 1.29 is 4.89 Å². The number of nitrogens with zero attached hydrogens (tertiary/aromatic N) is 3. The van der Waals surface area contributed by atoms with Crippen molar-refractivity contribution in [3.05, 3.63) is 24.3 Å². The van der Waals surface area contributed by atoms with Crippen LogP contribution in [0.25, 0.3) is 11.0 Å². The molecule has 1 atom stereocenters. The molecule has 0 saturated carbocycles. The van der Waals surface area contributed by atoms with Gasteiger partial charge >= 0.3 is 0 Å². The molecule has 1 unspecified atom stereocenters. The van der Waals surface area contributed by atoms with E-state index in [2.05, 4.69) is 10.3 Å². The highest BCUT2D eigenvalue weighted by molar-refractivity contribution is 7.29. The van der Waals surface area contributed by atoms with Gasteiger partial charge in [-0.1, -0.05) is 17.3 Å². The lowest BCUT2D eigenvalue weighted by Crippen LogP contribution is -1.83. The lowest BCUT2D eigenvalue weighted by molar-refractivity contribution is 0.626. The van der Waals surface area contributed by atoms with Crippen LogP contribution in [0, 0.1) is 0 Å². The molecule has 0 spiro atoms. The number of rotatable bonds is 1. The molecule has 5 heteroatoms. The zero-order chi connectivity index (χ0) is 7.68. The maximum atomic E-state index is 8.81. The highest BCUT2D eigenvalue weighted by atomic mass is 31.1. The molecule has 0 radical (unpaired) electrons. The quantitative estimate of drug-likeness (QED) is 0.638. The second-order valence-electron chi connectivity index (χ2n) is 2.09. The Morgan fingerprint density at radius 2 is 2.18 bits per heavy atom. The Morgan fingerprint density at radius 3 is 3.00 bits per heavy atom. The molecule has 1 N–H and O–H groups in total. The van der Waals surface area contributed by atoms with E-state index in [1.165, 1.54) is 4.45 Å². The molecule has 0 aliphatic heterocycles. The Kier molecular flexibility index (Phi) is 1.56. The summed E-state index contributed by atoms with van der Waals surface area (Å²) < 4.78 is 1.47. The number of hydrogen-bond acceptors (Lipinski definition) is 3. The van der Waals surface area contributed by atoms with Crippen molar-refractivity contribution in [3.63, 3.8) is 0 Å². The Morgan fingerprint density at radius 1 is 1.36 bits per heavy atom. The third kappa shape index (κ3) is 1.00. The van der Waals surface area contributed by atoms with Gasteiger partial charge in [-0.2, -0.15) is 0 Å². The van der Waals surface area contributed by atoms with Gasteiger partial charge < -0.3 is 4.89 Å². The Bertz CT molecular complexity index is 373. The average Bonchev–Trinajstić information content (AvgIpc) is 2.47. The first-order chi connectivity index (χ1) is 5.42. The van der Waals surface area contributed by atoms with Gasteiger partial charge in [0, 0.05) is 0 Å². The van der Waals surface area contributed by atoms with Crippen molar-refractivity contribution in [1.82, 2.24) is 14.8 Å². The molecule has 4 nitrogen and oxygen atoms in total. The summed E-state index contributed by atoms with van der Waals surface area (Å²) >= 11 is 0. The van der Waals surface area contributed by atoms with E-state index in [0.29, 0.717) is 0 Å². The monoisotopic (exact) mass is 167 g/mol. The van der Waals surface area contributed by atoms with Crippen LogP contribution in [0.15, 0.2) is 24.3 Å². The molecule has 0 bridgehead atoms. The molecule has 0 amide bonds. The summed E-state index contributed by atoms with van der Waals surface area (Å²) in [4.78, 5) is 8.81. The van der Waals surface area contributed by atoms with Crippen LogP contribution in [0.5, 0.6) is 0 Å². The molecule has 1 aromatic carbocycles. The highest BCUT2D eigenvalue weighted by Crippen LogP contribution is 2.16. The van der Waals surface area contributed by atoms with Crippen LogP contribution in [0.2, 0.25) is 0 Å². The van der Waals surface area contributed by atoms with E-state index in [0.717, 1.165) is 11.0 Å². The summed E-state index contributed by atoms with van der Waals surface area (Å²) in [7, 11) is -0.349. The summed E-state index contributed by atoms with van der Waals surface area (Å²) in [6.45, 7) is 0. The van der Waals surface area contributed by atoms with Crippen molar-refractivity contribution in [2.75, 3.05) is 0 Å². The molecule has 56 valence electrons. The second-order valence-corrected chi connectivity index (χ2v) is 2.71. The fraction of sp³-hybridized carbons (Fsp3) is 0. The molecule has 2 aromatic rings. The zero-order valence-electron chi connectivity index (χ0n) is 5.60. The smallest absolute Gasteiger partial charge is 0.139 e. The summed E-state index contributed by atoms with van der Waals surface area (Å²) in [6, 6.07) is 7.52. The van der Waals surface area contributed by atoms with Gasteiger partial charge in [0.1, 0.15) is 14.5 Å². The minimum atomic E-state index is -0.349. The predicted molar refractivity (Wildman–Crippen MR) is 43.5 cm³/mol. The molecule has 1 heterocycles. The lowest BCUT2D eigenvalue weighted by atomic mass is 10.3. The molecule has 0 aliphatic rings. The third-order valence-corrected chi connectivity index (χ3v) is 1.97. The van der Waals surface area contributed by atoms with E-state index in [9.17, 15) is 0 Å². The summed E-state index contributed by atoms with van der Waals surface area (Å²) in [5.74, 6) is 0. The van der Waals surface area contributed by atoms with Gasteiger partial charge in [0.2, 0.25) is 0 Å². The van der Waals surface area contributed by atoms with Crippen molar-refractivity contribution >= 4 is 20.0 Å². The van der Waals surface area contributed by atoms with Crippen LogP contribution in [0.4, 0.5) is 0 Å². The molecule has 0 saturated heterocycles. The van der Waals surface area contributed by atoms with Gasteiger partial charge in [-0.3, -0.25) is 0 Å². The van der Waals surface area contributed by atoms with E-state index in [-0.39, 0.29) is 8.96 Å². The molecular weight excluding hydrogens is 161 g/mol. The van der Waals surface area contributed by atoms with Crippen LogP contribution < -0.4 is 0 Å². The van der Waals surface area contributed by atoms with E-state index in [1.54, 1.807) is 0 Å². The fourth-order valence-electron chi connectivity index (χ4n) is 0.943. The van der Waals surface area contributed by atoms with Crippen molar-refractivity contribution in [2.45, 2.75) is 0 Å². The van der Waals surface area contributed by atoms with Crippen molar-refractivity contribution in [2.24, 2.45) is 0 Å². The predicted octanol–water partition coefficient (Wildman–Crippen LogP) is 0.780. The number of hydrogen-bond donors (Lipinski definition) is 1. The number of para-hydroxylation sites is 1. The maximum Gasteiger partial charge on any atom is 0.139 e. The van der Waals surface area contributed by atoms with Gasteiger partial charge in [0.05, 0.1) is 5.52 Å². The van der Waals surface area contributed by atoms with E-state index in [1.807, 2.05) is 24.3 Å². The Labute approximate surface area is 64.8 Å². The SMILES string of the molecule is OPn1nnc2ccccc21. The Hall–Kier alpha value is -0.990. The van der Waals surface area contributed by atoms with Crippen LogP contribution in [-0.4, -0.2) is 19.7 Å². The van der Waals surface area contributed by atoms with Gasteiger partial charge in [-0.05, 0) is 12.1 Å². The molecule has 1 aromatic heterocycles. The van der Waals surface area contributed by atoms with E-state index < -0.39 is 0 Å². The van der Waals surface area contributed by atoms with Crippen LogP contribution in [0.3, 0.4) is 0 Å². The van der Waals surface area contributed by atoms with E-state index in [4.69, 9.17) is 4.89 Å². The molecular formula is C6H6N3OP. The average molecular weight is 167 g/mol. The molecule has 2 rings (SSSR count). The van der Waals surface area contributed by atoms with Gasteiger partial charge in [0.15, 0.2) is 0 Å². The second kappa shape index (κ2) is 2.57. The van der Waals surface area contributed by atoms with Crippen LogP contribution >= 0.6 is 8.96 Å². The minimum Gasteiger partial charge on any atom is -0.356 e. The molecule has 11 heavy (non-hydrogen) atoms. The largest absolute Gasteiger partial charge is 0.356 e. The van der Waals surface area contributed by atoms with Crippen molar-refractivity contribution in [3.8, 4) is 0 Å². The molecule has 0 aliphatic carbocycles. The van der Waals surface area contributed by atoms with Gasteiger partial charge in [0.25, 0.3) is 0 Å². The standard InChI is InChI=1S/C6H6N3OP/c10-11-9-6-4-2-1-3-5(6)7-8-9/h1-4,10-11H. The number of fused-ring (bicyclic) bond motifs is 1. The van der Waals surface area contributed by atoms with Gasteiger partial charge in [-0.15, -0.1) is 5.10 Å². The number of aromatic nitrogens is 3. The molecule has 0 fully saturated rings. The third-order valence-electron chi connectivity index (χ3n) is 1.45. The lowest BCUT2D eigenvalue weighted by Gasteiger charge is -1.91. The van der Waals surface area contributed by atoms with Crippen LogP contribution in [-0.2, 0) is 0 Å². The first kappa shape index (κ1) is 6.70. The van der Waals surface area contributed by atoms with Crippen molar-refractivity contribution in [1.29, 1.82) is 0 Å². The topological polar surface area (TPSA) is 50.9 Å². The fourth-order valence-corrected chi connectivity index (χ4v) is 1.32. The Balaban J connectivity index is 2.76. The summed E-state index contributed by atoms with van der Waals surface area (Å²) in [5.41, 5.74) is 1.68. The summed E-state index contributed by atoms with van der Waals surface area (Å²) in [5, 5.41) is 7.59. The first-order valence-corrected chi connectivity index (χ1v) is 4.02. The normalized spacial score (nSPS) is 11.7. The minimum absolute atomic E-state index is 0.349. The summed E-state index contributed by atoms with van der Waals surface area (Å²) in [6.07, 6.45) is 0. The van der Waals surface area contributed by atoms with E-state index >= 15 is 0 Å². The number of benzene rings is 1.